The van der Waals surface area contributed by atoms with Crippen LogP contribution < -0.4 is 5.11 Å². The molecule has 0 spiro atoms. The summed E-state index contributed by atoms with van der Waals surface area (Å²) in [6.45, 7) is 4.46. The van der Waals surface area contributed by atoms with Crippen LogP contribution in [0.4, 0.5) is 0 Å². The van der Waals surface area contributed by atoms with Gasteiger partial charge in [-0.3, -0.25) is 9.59 Å². The first-order valence-electron chi connectivity index (χ1n) is 32.0. The molecule has 0 N–H and O–H groups in total. The fourth-order valence-corrected chi connectivity index (χ4v) is 8.68. The lowest BCUT2D eigenvalue weighted by molar-refractivity contribution is -0.870. The first-order valence-corrected chi connectivity index (χ1v) is 32.0. The van der Waals surface area contributed by atoms with Gasteiger partial charge in [-0.25, -0.2) is 0 Å². The smallest absolute Gasteiger partial charge is 0.306 e. The molecule has 452 valence electrons. The minimum absolute atomic E-state index is 0.134. The number of unbranched alkanes of at least 4 members (excludes halogenated alkanes) is 25. The fraction of sp³-hybridized carbons (Fsp3) is 0.700. The standard InChI is InChI=1S/C70H119NO8/c1-6-8-10-12-14-16-18-20-22-24-25-26-27-28-29-30-31-32-33-34-35-36-37-38-39-40-41-42-43-45-46-48-50-52-54-56-58-60-67(72)77-64-66(65-78-70(69(74)75)76-63-62-71(3,4)5)79-68(73)61-59-57-55-53-51-49-47-44-23-21-19-17-15-13-11-9-7-2/h8-11,14-17,20-23,25-26,47,49,53,55,66,70H,6-7,12-13,18-19,24,27-46,48,50-52,54,56-65H2,1-5H3/b10-8-,11-9-,16-14-,17-15-,22-20-,23-21-,26-25-,49-47-,55-53-. The third-order valence-corrected chi connectivity index (χ3v) is 13.5. The molecule has 9 nitrogen and oxygen atoms in total. The number of aliphatic carboxylic acids is 1. The third kappa shape index (κ3) is 61.4. The third-order valence-electron chi connectivity index (χ3n) is 13.5. The Bertz CT molecular complexity index is 1660. The summed E-state index contributed by atoms with van der Waals surface area (Å²) < 4.78 is 22.6. The molecule has 0 amide bonds. The Morgan fingerprint density at radius 2 is 0.696 bits per heavy atom. The molecular formula is C70H119NO8. The lowest BCUT2D eigenvalue weighted by Gasteiger charge is -2.26. The van der Waals surface area contributed by atoms with E-state index in [1.54, 1.807) is 0 Å². The molecule has 0 aliphatic carbocycles. The van der Waals surface area contributed by atoms with E-state index in [9.17, 15) is 19.5 Å². The Balaban J connectivity index is 4.05. The first-order chi connectivity index (χ1) is 38.6. The van der Waals surface area contributed by atoms with E-state index in [0.717, 1.165) is 77.0 Å². The molecule has 0 rings (SSSR count). The highest BCUT2D eigenvalue weighted by Gasteiger charge is 2.22. The van der Waals surface area contributed by atoms with Gasteiger partial charge in [-0.05, 0) is 89.9 Å². The van der Waals surface area contributed by atoms with Gasteiger partial charge in [0.15, 0.2) is 12.4 Å². The van der Waals surface area contributed by atoms with E-state index in [-0.39, 0.29) is 38.6 Å². The molecule has 0 heterocycles. The Morgan fingerprint density at radius 3 is 1.05 bits per heavy atom. The average Bonchev–Trinajstić information content (AvgIpc) is 3.42. The molecule has 0 fully saturated rings. The number of nitrogens with zero attached hydrogens (tertiary/aromatic N) is 1. The van der Waals surface area contributed by atoms with Crippen molar-refractivity contribution in [3.63, 3.8) is 0 Å². The normalized spacial score (nSPS) is 13.5. The second-order valence-electron chi connectivity index (χ2n) is 22.3. The summed E-state index contributed by atoms with van der Waals surface area (Å²) >= 11 is 0. The molecule has 2 unspecified atom stereocenters. The average molecular weight is 1100 g/mol. The summed E-state index contributed by atoms with van der Waals surface area (Å²) in [4.78, 5) is 37.3. The number of esters is 2. The highest BCUT2D eigenvalue weighted by Crippen LogP contribution is 2.17. The van der Waals surface area contributed by atoms with Crippen molar-refractivity contribution in [2.75, 3.05) is 47.5 Å². The number of carbonyl (C=O) groups excluding carboxylic acids is 3. The van der Waals surface area contributed by atoms with Crippen molar-refractivity contribution < 1.29 is 42.9 Å². The zero-order chi connectivity index (χ0) is 57.6. The molecule has 0 radical (unpaired) electrons. The van der Waals surface area contributed by atoms with Crippen LogP contribution in [0.2, 0.25) is 0 Å². The van der Waals surface area contributed by atoms with Crippen LogP contribution in [0.15, 0.2) is 109 Å². The van der Waals surface area contributed by atoms with E-state index in [0.29, 0.717) is 23.9 Å². The molecule has 79 heavy (non-hydrogen) atoms. The highest BCUT2D eigenvalue weighted by atomic mass is 16.7. The highest BCUT2D eigenvalue weighted by molar-refractivity contribution is 5.70. The lowest BCUT2D eigenvalue weighted by atomic mass is 10.0. The molecule has 0 aliphatic heterocycles. The van der Waals surface area contributed by atoms with Crippen LogP contribution in [0.25, 0.3) is 0 Å². The molecule has 0 saturated carbocycles. The Labute approximate surface area is 485 Å². The van der Waals surface area contributed by atoms with E-state index in [1.165, 1.54) is 141 Å². The predicted molar refractivity (Wildman–Crippen MR) is 333 cm³/mol. The van der Waals surface area contributed by atoms with E-state index >= 15 is 0 Å². The summed E-state index contributed by atoms with van der Waals surface area (Å²) in [5, 5.41) is 11.8. The topological polar surface area (TPSA) is 111 Å². The zero-order valence-electron chi connectivity index (χ0n) is 51.5. The monoisotopic (exact) mass is 1100 g/mol. The second-order valence-corrected chi connectivity index (χ2v) is 22.3. The van der Waals surface area contributed by atoms with Crippen LogP contribution in [-0.4, -0.2) is 82.3 Å². The molecule has 0 saturated heterocycles. The van der Waals surface area contributed by atoms with Crippen LogP contribution in [0.5, 0.6) is 0 Å². The van der Waals surface area contributed by atoms with E-state index in [4.69, 9.17) is 18.9 Å². The maximum Gasteiger partial charge on any atom is 0.306 e. The van der Waals surface area contributed by atoms with Gasteiger partial charge in [0.25, 0.3) is 0 Å². The lowest BCUT2D eigenvalue weighted by Crippen LogP contribution is -2.44. The van der Waals surface area contributed by atoms with Gasteiger partial charge >= 0.3 is 11.9 Å². The van der Waals surface area contributed by atoms with Gasteiger partial charge in [-0.15, -0.1) is 0 Å². The Kier molecular flexibility index (Phi) is 57.0. The van der Waals surface area contributed by atoms with Gasteiger partial charge in [0.05, 0.1) is 40.3 Å². The quantitative estimate of drug-likeness (QED) is 0.0195. The predicted octanol–water partition coefficient (Wildman–Crippen LogP) is 18.1. The van der Waals surface area contributed by atoms with Crippen molar-refractivity contribution in [1.29, 1.82) is 0 Å². The number of carboxylic acids is 1. The van der Waals surface area contributed by atoms with Gasteiger partial charge < -0.3 is 33.3 Å². The van der Waals surface area contributed by atoms with Crippen LogP contribution >= 0.6 is 0 Å². The van der Waals surface area contributed by atoms with Crippen LogP contribution in [0, 0.1) is 0 Å². The molecule has 9 heteroatoms. The number of allylic oxidation sites excluding steroid dienone is 18. The number of carboxylic acid groups (broad SMARTS) is 1. The molecule has 0 aromatic rings. The maximum absolute atomic E-state index is 12.8. The number of hydrogen-bond acceptors (Lipinski definition) is 8. The minimum Gasteiger partial charge on any atom is -0.545 e. The minimum atomic E-state index is -1.64. The number of quaternary nitrogens is 1. The van der Waals surface area contributed by atoms with Gasteiger partial charge in [0, 0.05) is 12.8 Å². The van der Waals surface area contributed by atoms with Crippen LogP contribution in [0.1, 0.15) is 258 Å². The number of carbonyl (C=O) groups is 3. The summed E-state index contributed by atoms with van der Waals surface area (Å²) in [6.07, 6.45) is 80.5. The number of rotatable bonds is 58. The SMILES string of the molecule is CC/C=C\C/C=C\C/C=C\C/C=C\C/C=C\CCCC(=O)OC(COC(=O)CCCCCCCCCCCCCCCCCCCCCCCCCC/C=C\C/C=C\C/C=C\C/C=C\CC)COC(OCC[N+](C)(C)C)C(=O)[O-]. The number of likely N-dealkylation sites (N-methyl/N-ethyl adjacent to an activating group) is 1. The van der Waals surface area contributed by atoms with Crippen molar-refractivity contribution in [3.8, 4) is 0 Å². The van der Waals surface area contributed by atoms with Crippen molar-refractivity contribution in [1.82, 2.24) is 0 Å². The molecule has 0 aromatic heterocycles. The van der Waals surface area contributed by atoms with Gasteiger partial charge in [-0.2, -0.15) is 0 Å². The van der Waals surface area contributed by atoms with E-state index in [2.05, 4.69) is 123 Å². The number of ether oxygens (including phenoxy) is 4. The van der Waals surface area contributed by atoms with E-state index in [1.807, 2.05) is 21.1 Å². The molecule has 0 bridgehead atoms. The van der Waals surface area contributed by atoms with Crippen molar-refractivity contribution in [3.05, 3.63) is 109 Å². The Morgan fingerprint density at radius 1 is 0.380 bits per heavy atom. The van der Waals surface area contributed by atoms with Gasteiger partial charge in [0.1, 0.15) is 13.2 Å². The largest absolute Gasteiger partial charge is 0.545 e. The summed E-state index contributed by atoms with van der Waals surface area (Å²) in [5.41, 5.74) is 0. The van der Waals surface area contributed by atoms with Crippen LogP contribution in [-0.2, 0) is 33.3 Å². The second kappa shape index (κ2) is 60.1. The fourth-order valence-electron chi connectivity index (χ4n) is 8.68. The molecular weight excluding hydrogens is 983 g/mol. The Hall–Kier alpha value is -4.05. The molecule has 0 aliphatic rings. The zero-order valence-corrected chi connectivity index (χ0v) is 51.5. The van der Waals surface area contributed by atoms with E-state index < -0.39 is 24.3 Å². The van der Waals surface area contributed by atoms with Gasteiger partial charge in [-0.1, -0.05) is 264 Å². The van der Waals surface area contributed by atoms with Crippen molar-refractivity contribution in [2.24, 2.45) is 0 Å². The number of hydrogen-bond donors (Lipinski definition) is 0. The first kappa shape index (κ1) is 75.0. The molecule has 0 aromatic carbocycles. The van der Waals surface area contributed by atoms with Crippen LogP contribution in [0.3, 0.4) is 0 Å². The van der Waals surface area contributed by atoms with Crippen molar-refractivity contribution >= 4 is 17.9 Å². The summed E-state index contributed by atoms with van der Waals surface area (Å²) in [7, 11) is 5.90. The maximum atomic E-state index is 12.8. The summed E-state index contributed by atoms with van der Waals surface area (Å²) in [5.74, 6) is -2.36. The van der Waals surface area contributed by atoms with Gasteiger partial charge in [0.2, 0.25) is 0 Å². The summed E-state index contributed by atoms with van der Waals surface area (Å²) in [6, 6.07) is 0. The van der Waals surface area contributed by atoms with Crippen molar-refractivity contribution in [2.45, 2.75) is 270 Å². The molecule has 2 atom stereocenters.